The molecule has 2 heterocycles. The fourth-order valence-corrected chi connectivity index (χ4v) is 5.85. The second-order valence-electron chi connectivity index (χ2n) is 11.4. The molecule has 0 radical (unpaired) electrons. The molecule has 8 nitrogen and oxygen atoms in total. The van der Waals surface area contributed by atoms with Gasteiger partial charge in [0.1, 0.15) is 12.1 Å². The lowest BCUT2D eigenvalue weighted by atomic mass is 9.85. The lowest BCUT2D eigenvalue weighted by Gasteiger charge is -2.35. The van der Waals surface area contributed by atoms with Crippen molar-refractivity contribution in [2.75, 3.05) is 6.54 Å². The van der Waals surface area contributed by atoms with Crippen molar-refractivity contribution in [2.24, 2.45) is 11.1 Å². The minimum Gasteiger partial charge on any atom is -0.350 e. The first-order valence-electron chi connectivity index (χ1n) is 13.7. The van der Waals surface area contributed by atoms with Crippen LogP contribution in [-0.4, -0.2) is 46.2 Å². The van der Waals surface area contributed by atoms with E-state index in [4.69, 9.17) is 5.73 Å². The average molecular weight is 562 g/mol. The van der Waals surface area contributed by atoms with Crippen molar-refractivity contribution in [1.82, 2.24) is 20.5 Å². The highest BCUT2D eigenvalue weighted by Gasteiger charge is 2.41. The van der Waals surface area contributed by atoms with E-state index in [1.54, 1.807) is 16.2 Å². The average Bonchev–Trinajstić information content (AvgIpc) is 3.59. The Morgan fingerprint density at radius 2 is 1.82 bits per heavy atom. The van der Waals surface area contributed by atoms with E-state index in [2.05, 4.69) is 15.6 Å². The van der Waals surface area contributed by atoms with E-state index in [9.17, 15) is 14.4 Å². The molecule has 40 heavy (non-hydrogen) atoms. The minimum atomic E-state index is -0.756. The second kappa shape index (κ2) is 12.7. The van der Waals surface area contributed by atoms with E-state index in [1.165, 1.54) is 0 Å². The summed E-state index contributed by atoms with van der Waals surface area (Å²) in [5.74, 6) is -0.635. The van der Waals surface area contributed by atoms with Gasteiger partial charge in [0.15, 0.2) is 0 Å². The van der Waals surface area contributed by atoms with Crippen LogP contribution < -0.4 is 16.4 Å². The van der Waals surface area contributed by atoms with Gasteiger partial charge in [-0.3, -0.25) is 14.4 Å². The number of carbonyl (C=O) groups excluding carboxylic acids is 3. The van der Waals surface area contributed by atoms with Gasteiger partial charge in [0.25, 0.3) is 0 Å². The Bertz CT molecular complexity index is 1350. The molecule has 2 atom stereocenters. The molecule has 212 valence electrons. The maximum atomic E-state index is 13.8. The summed E-state index contributed by atoms with van der Waals surface area (Å²) >= 11 is 1.61. The number of hydrogen-bond acceptors (Lipinski definition) is 6. The molecule has 2 aromatic carbocycles. The van der Waals surface area contributed by atoms with Gasteiger partial charge >= 0.3 is 0 Å². The van der Waals surface area contributed by atoms with Gasteiger partial charge in [-0.15, -0.1) is 11.3 Å². The predicted molar refractivity (Wildman–Crippen MR) is 158 cm³/mol. The largest absolute Gasteiger partial charge is 0.350 e. The van der Waals surface area contributed by atoms with Gasteiger partial charge in [0, 0.05) is 19.6 Å². The summed E-state index contributed by atoms with van der Waals surface area (Å²) in [6, 6.07) is 14.3. The zero-order chi connectivity index (χ0) is 28.9. The molecule has 1 saturated heterocycles. The summed E-state index contributed by atoms with van der Waals surface area (Å²) < 4.78 is 0. The molecule has 4 N–H and O–H groups in total. The molecule has 1 fully saturated rings. The van der Waals surface area contributed by atoms with Gasteiger partial charge in [-0.1, -0.05) is 69.3 Å². The Morgan fingerprint density at radius 3 is 2.48 bits per heavy atom. The molecule has 3 aromatic rings. The number of hydrogen-bond donors (Lipinski definition) is 3. The summed E-state index contributed by atoms with van der Waals surface area (Å²) in [5, 5.41) is 5.97. The van der Waals surface area contributed by atoms with Gasteiger partial charge in [-0.05, 0) is 47.4 Å². The fraction of sp³-hybridized carbons (Fsp3) is 0.419. The Kier molecular flexibility index (Phi) is 9.37. The van der Waals surface area contributed by atoms with Crippen molar-refractivity contribution in [3.63, 3.8) is 0 Å². The Labute approximate surface area is 240 Å². The van der Waals surface area contributed by atoms with Crippen molar-refractivity contribution < 1.29 is 14.4 Å². The van der Waals surface area contributed by atoms with Crippen LogP contribution in [0, 0.1) is 12.3 Å². The molecule has 0 spiro atoms. The summed E-state index contributed by atoms with van der Waals surface area (Å²) in [6.45, 7) is 9.02. The number of carbonyl (C=O) groups is 3. The molecule has 1 aliphatic rings. The van der Waals surface area contributed by atoms with Gasteiger partial charge in [-0.25, -0.2) is 4.98 Å². The number of amides is 3. The zero-order valence-corrected chi connectivity index (χ0v) is 24.5. The second-order valence-corrected chi connectivity index (χ2v) is 12.3. The maximum Gasteiger partial charge on any atom is 0.246 e. The SMILES string of the molecule is Cc1ncsc1-c1ccc(CNC(=O)C2CCCN2C(=O)C(NC(=O)Cc2cccc(CN)c2)C(C)(C)C)cc1. The van der Waals surface area contributed by atoms with Crippen LogP contribution in [0.15, 0.2) is 54.0 Å². The van der Waals surface area contributed by atoms with Crippen molar-refractivity contribution in [2.45, 2.75) is 72.1 Å². The van der Waals surface area contributed by atoms with Crippen molar-refractivity contribution >= 4 is 29.1 Å². The molecular weight excluding hydrogens is 522 g/mol. The van der Waals surface area contributed by atoms with Crippen LogP contribution in [0.3, 0.4) is 0 Å². The zero-order valence-electron chi connectivity index (χ0n) is 23.7. The summed E-state index contributed by atoms with van der Waals surface area (Å²) in [6.07, 6.45) is 1.49. The Morgan fingerprint density at radius 1 is 1.10 bits per heavy atom. The first-order valence-corrected chi connectivity index (χ1v) is 14.6. The molecule has 0 aliphatic carbocycles. The van der Waals surface area contributed by atoms with Gasteiger partial charge in [-0.2, -0.15) is 0 Å². The number of nitrogens with one attached hydrogen (secondary N) is 2. The molecule has 3 amide bonds. The Balaban J connectivity index is 1.38. The lowest BCUT2D eigenvalue weighted by Crippen LogP contribution is -2.57. The van der Waals surface area contributed by atoms with Gasteiger partial charge in [0.05, 0.1) is 22.5 Å². The minimum absolute atomic E-state index is 0.152. The predicted octanol–water partition coefficient (Wildman–Crippen LogP) is 3.96. The van der Waals surface area contributed by atoms with Crippen molar-refractivity contribution in [1.29, 1.82) is 0 Å². The highest BCUT2D eigenvalue weighted by Crippen LogP contribution is 2.28. The molecule has 0 saturated carbocycles. The van der Waals surface area contributed by atoms with Crippen LogP contribution in [0.4, 0.5) is 0 Å². The Hall–Kier alpha value is -3.56. The standard InChI is InChI=1S/C31H39N5O3S/c1-20-27(40-19-34-20)24-12-10-21(11-13-24)18-33-29(38)25-9-6-14-36(25)30(39)28(31(2,3)4)35-26(37)16-22-7-5-8-23(15-22)17-32/h5,7-8,10-13,15,19,25,28H,6,9,14,16-18,32H2,1-4H3,(H,33,38)(H,35,37). The van der Waals surface area contributed by atoms with Crippen LogP contribution in [-0.2, 0) is 33.9 Å². The number of thiazole rings is 1. The topological polar surface area (TPSA) is 117 Å². The molecule has 0 bridgehead atoms. The molecule has 9 heteroatoms. The number of aryl methyl sites for hydroxylation is 1. The first-order chi connectivity index (χ1) is 19.1. The van der Waals surface area contributed by atoms with Crippen LogP contribution in [0.25, 0.3) is 10.4 Å². The van der Waals surface area contributed by atoms with Crippen LogP contribution in [0.1, 0.15) is 56.0 Å². The maximum absolute atomic E-state index is 13.8. The molecule has 1 aromatic heterocycles. The van der Waals surface area contributed by atoms with Gasteiger partial charge in [0.2, 0.25) is 17.7 Å². The number of benzene rings is 2. The molecule has 1 aliphatic heterocycles. The van der Waals surface area contributed by atoms with E-state index < -0.39 is 17.5 Å². The highest BCUT2D eigenvalue weighted by atomic mass is 32.1. The number of nitrogens with zero attached hydrogens (tertiary/aromatic N) is 2. The third-order valence-corrected chi connectivity index (χ3v) is 8.25. The normalized spacial score (nSPS) is 16.0. The van der Waals surface area contributed by atoms with Crippen molar-refractivity contribution in [3.8, 4) is 10.4 Å². The smallest absolute Gasteiger partial charge is 0.246 e. The van der Waals surface area contributed by atoms with E-state index in [0.717, 1.165) is 39.2 Å². The summed E-state index contributed by atoms with van der Waals surface area (Å²) in [7, 11) is 0. The van der Waals surface area contributed by atoms with E-state index in [0.29, 0.717) is 26.1 Å². The number of rotatable bonds is 9. The fourth-order valence-electron chi connectivity index (χ4n) is 5.04. The number of likely N-dealkylation sites (tertiary alicyclic amines) is 1. The third-order valence-electron chi connectivity index (χ3n) is 7.28. The van der Waals surface area contributed by atoms with Crippen LogP contribution >= 0.6 is 11.3 Å². The summed E-state index contributed by atoms with van der Waals surface area (Å²) in [4.78, 5) is 47.0. The van der Waals surface area contributed by atoms with Crippen molar-refractivity contribution in [3.05, 3.63) is 76.4 Å². The number of aromatic nitrogens is 1. The quantitative estimate of drug-likeness (QED) is 0.366. The van der Waals surface area contributed by atoms with E-state index in [-0.39, 0.29) is 24.1 Å². The highest BCUT2D eigenvalue weighted by molar-refractivity contribution is 7.13. The monoisotopic (exact) mass is 561 g/mol. The van der Waals surface area contributed by atoms with Gasteiger partial charge < -0.3 is 21.3 Å². The van der Waals surface area contributed by atoms with E-state index >= 15 is 0 Å². The lowest BCUT2D eigenvalue weighted by molar-refractivity contribution is -0.143. The summed E-state index contributed by atoms with van der Waals surface area (Å²) in [5.41, 5.74) is 11.9. The van der Waals surface area contributed by atoms with Crippen LogP contribution in [0.2, 0.25) is 0 Å². The molecular formula is C31H39N5O3S. The van der Waals surface area contributed by atoms with Crippen LogP contribution in [0.5, 0.6) is 0 Å². The molecule has 2 unspecified atom stereocenters. The molecule has 4 rings (SSSR count). The number of nitrogens with two attached hydrogens (primary N) is 1. The van der Waals surface area contributed by atoms with E-state index in [1.807, 2.05) is 81.7 Å². The first kappa shape index (κ1) is 29.4. The third kappa shape index (κ3) is 7.14.